The molecule has 2 amide bonds. The zero-order valence-electron chi connectivity index (χ0n) is 24.3. The van der Waals surface area contributed by atoms with Crippen LogP contribution in [0.15, 0.2) is 47.8 Å². The lowest BCUT2D eigenvalue weighted by Gasteiger charge is -2.35. The standard InChI is InChI=1S/C32H46N4O3/c1-5-18-32(3,4)31(39)35(6-2)19-10-11-24-16-20-34(21-17-24)23-29(38)36-27-14-8-7-12-25(27)22-33-26-13-9-15-28(37)30(26)36/h7-9,12-14,24,33H,5-6,10-11,15-23H2,1-4H3. The highest BCUT2D eigenvalue weighted by Gasteiger charge is 2.34. The molecule has 39 heavy (non-hydrogen) atoms. The summed E-state index contributed by atoms with van der Waals surface area (Å²) in [5.41, 5.74) is 2.72. The van der Waals surface area contributed by atoms with Gasteiger partial charge >= 0.3 is 0 Å². The summed E-state index contributed by atoms with van der Waals surface area (Å²) in [6.07, 6.45) is 10.3. The number of piperidine rings is 1. The van der Waals surface area contributed by atoms with E-state index in [0.29, 0.717) is 31.1 Å². The molecule has 0 unspecified atom stereocenters. The molecule has 2 aliphatic heterocycles. The molecule has 0 aromatic heterocycles. The number of nitrogens with one attached hydrogen (secondary N) is 1. The Labute approximate surface area is 234 Å². The first kappa shape index (κ1) is 29.1. The lowest BCUT2D eigenvalue weighted by molar-refractivity contribution is -0.140. The van der Waals surface area contributed by atoms with Crippen LogP contribution in [0.3, 0.4) is 0 Å². The molecule has 1 aliphatic carbocycles. The fourth-order valence-electron chi connectivity index (χ4n) is 6.28. The maximum Gasteiger partial charge on any atom is 0.245 e. The minimum Gasteiger partial charge on any atom is -0.379 e. The molecule has 0 saturated carbocycles. The topological polar surface area (TPSA) is 73.0 Å². The molecular formula is C32H46N4O3. The van der Waals surface area contributed by atoms with Crippen molar-refractivity contribution in [3.63, 3.8) is 0 Å². The number of carbonyl (C=O) groups is 3. The fraction of sp³-hybridized carbons (Fsp3) is 0.594. The van der Waals surface area contributed by atoms with E-state index in [1.54, 1.807) is 4.90 Å². The van der Waals surface area contributed by atoms with Crippen molar-refractivity contribution in [1.29, 1.82) is 0 Å². The summed E-state index contributed by atoms with van der Waals surface area (Å²) < 4.78 is 0. The number of Topliss-reactive ketones (excluding diaryl/α,β-unsaturated/α-hetero) is 1. The van der Waals surface area contributed by atoms with Crippen molar-refractivity contribution < 1.29 is 14.4 Å². The summed E-state index contributed by atoms with van der Waals surface area (Å²) in [4.78, 5) is 45.6. The van der Waals surface area contributed by atoms with Crippen LogP contribution in [0.4, 0.5) is 5.69 Å². The number of hydrogen-bond acceptors (Lipinski definition) is 5. The second-order valence-corrected chi connectivity index (χ2v) is 11.9. The van der Waals surface area contributed by atoms with E-state index in [4.69, 9.17) is 0 Å². The van der Waals surface area contributed by atoms with Gasteiger partial charge in [-0.15, -0.1) is 0 Å². The predicted octanol–water partition coefficient (Wildman–Crippen LogP) is 5.03. The number of rotatable bonds is 10. The predicted molar refractivity (Wildman–Crippen MR) is 156 cm³/mol. The number of para-hydroxylation sites is 1. The molecular weight excluding hydrogens is 488 g/mol. The highest BCUT2D eigenvalue weighted by atomic mass is 16.2. The zero-order valence-corrected chi connectivity index (χ0v) is 24.3. The highest BCUT2D eigenvalue weighted by molar-refractivity contribution is 6.12. The van der Waals surface area contributed by atoms with Gasteiger partial charge in [-0.05, 0) is 75.7 Å². The van der Waals surface area contributed by atoms with Gasteiger partial charge in [-0.2, -0.15) is 0 Å². The monoisotopic (exact) mass is 534 g/mol. The van der Waals surface area contributed by atoms with Gasteiger partial charge in [0.15, 0.2) is 5.78 Å². The minimum atomic E-state index is -0.290. The van der Waals surface area contributed by atoms with Crippen molar-refractivity contribution in [1.82, 2.24) is 15.1 Å². The third-order valence-electron chi connectivity index (χ3n) is 8.51. The number of benzene rings is 1. The van der Waals surface area contributed by atoms with Gasteiger partial charge in [-0.3, -0.25) is 24.2 Å². The number of amides is 2. The van der Waals surface area contributed by atoms with Gasteiger partial charge in [-0.1, -0.05) is 51.5 Å². The van der Waals surface area contributed by atoms with Crippen LogP contribution in [0, 0.1) is 11.3 Å². The first-order chi connectivity index (χ1) is 18.7. The van der Waals surface area contributed by atoms with Gasteiger partial charge in [0.1, 0.15) is 5.70 Å². The second-order valence-electron chi connectivity index (χ2n) is 11.9. The summed E-state index contributed by atoms with van der Waals surface area (Å²) in [7, 11) is 0. The van der Waals surface area contributed by atoms with Crippen LogP contribution >= 0.6 is 0 Å². The van der Waals surface area contributed by atoms with Gasteiger partial charge in [0.25, 0.3) is 0 Å². The van der Waals surface area contributed by atoms with E-state index in [-0.39, 0.29) is 23.0 Å². The van der Waals surface area contributed by atoms with Gasteiger partial charge < -0.3 is 10.2 Å². The molecule has 7 heteroatoms. The third-order valence-corrected chi connectivity index (χ3v) is 8.51. The Balaban J connectivity index is 1.32. The number of anilines is 1. The summed E-state index contributed by atoms with van der Waals surface area (Å²) in [5.74, 6) is 0.820. The number of nitrogens with zero attached hydrogens (tertiary/aromatic N) is 3. The summed E-state index contributed by atoms with van der Waals surface area (Å²) in [6, 6.07) is 7.85. The van der Waals surface area contributed by atoms with Crippen LogP contribution in [0.1, 0.15) is 78.2 Å². The number of allylic oxidation sites excluding steroid dienone is 3. The Morgan fingerprint density at radius 1 is 1.13 bits per heavy atom. The van der Waals surface area contributed by atoms with E-state index >= 15 is 0 Å². The smallest absolute Gasteiger partial charge is 0.245 e. The first-order valence-electron chi connectivity index (χ1n) is 14.9. The molecule has 0 bridgehead atoms. The molecule has 4 rings (SSSR count). The molecule has 212 valence electrons. The van der Waals surface area contributed by atoms with Gasteiger partial charge in [0.05, 0.1) is 17.9 Å². The van der Waals surface area contributed by atoms with Crippen LogP contribution in [0.5, 0.6) is 0 Å². The minimum absolute atomic E-state index is 0.0264. The molecule has 0 radical (unpaired) electrons. The van der Waals surface area contributed by atoms with Crippen molar-refractivity contribution >= 4 is 23.3 Å². The lowest BCUT2D eigenvalue weighted by atomic mass is 9.86. The largest absolute Gasteiger partial charge is 0.379 e. The number of hydrogen-bond donors (Lipinski definition) is 1. The third kappa shape index (κ3) is 6.81. The quantitative estimate of drug-likeness (QED) is 0.456. The fourth-order valence-corrected chi connectivity index (χ4v) is 6.28. The van der Waals surface area contributed by atoms with E-state index in [0.717, 1.165) is 81.7 Å². The highest BCUT2D eigenvalue weighted by Crippen LogP contribution is 2.32. The van der Waals surface area contributed by atoms with E-state index in [9.17, 15) is 14.4 Å². The molecule has 1 aromatic carbocycles. The Morgan fingerprint density at radius 3 is 2.59 bits per heavy atom. The molecule has 0 spiro atoms. The summed E-state index contributed by atoms with van der Waals surface area (Å²) in [6.45, 7) is 12.6. The van der Waals surface area contributed by atoms with Gasteiger partial charge in [0.2, 0.25) is 11.8 Å². The Kier molecular flexibility index (Phi) is 9.65. The van der Waals surface area contributed by atoms with Crippen molar-refractivity contribution in [2.75, 3.05) is 37.6 Å². The molecule has 7 nitrogen and oxygen atoms in total. The van der Waals surface area contributed by atoms with Crippen molar-refractivity contribution in [2.24, 2.45) is 11.3 Å². The molecule has 1 N–H and O–H groups in total. The average molecular weight is 535 g/mol. The average Bonchev–Trinajstić information content (AvgIpc) is 3.09. The molecule has 1 aromatic rings. The maximum atomic E-state index is 13.7. The van der Waals surface area contributed by atoms with Crippen LogP contribution in [-0.4, -0.2) is 60.1 Å². The molecule has 1 fully saturated rings. The van der Waals surface area contributed by atoms with Crippen LogP contribution in [0.25, 0.3) is 0 Å². The normalized spacial score (nSPS) is 18.4. The molecule has 1 saturated heterocycles. The Hall–Kier alpha value is -2.93. The Bertz CT molecular complexity index is 1110. The summed E-state index contributed by atoms with van der Waals surface area (Å²) >= 11 is 0. The van der Waals surface area contributed by atoms with E-state index in [1.807, 2.05) is 41.3 Å². The maximum absolute atomic E-state index is 13.7. The van der Waals surface area contributed by atoms with Crippen molar-refractivity contribution in [2.45, 2.75) is 79.2 Å². The van der Waals surface area contributed by atoms with Crippen LogP contribution < -0.4 is 10.2 Å². The van der Waals surface area contributed by atoms with E-state index in [2.05, 4.69) is 37.9 Å². The van der Waals surface area contributed by atoms with E-state index in [1.165, 1.54) is 0 Å². The SMILES string of the molecule is CCCC(C)(C)C(=O)N(CC)CCCC1CCN(CC(=O)N2C3=C(C=CCC3=O)NCc3ccccc32)CC1. The lowest BCUT2D eigenvalue weighted by Crippen LogP contribution is -2.45. The molecule has 2 heterocycles. The molecule has 3 aliphatic rings. The first-order valence-corrected chi connectivity index (χ1v) is 14.9. The zero-order chi connectivity index (χ0) is 28.0. The summed E-state index contributed by atoms with van der Waals surface area (Å²) in [5, 5.41) is 3.36. The van der Waals surface area contributed by atoms with Gasteiger partial charge in [-0.25, -0.2) is 0 Å². The number of fused-ring (bicyclic) bond motifs is 1. The second kappa shape index (κ2) is 12.9. The number of carbonyl (C=O) groups excluding carboxylic acids is 3. The van der Waals surface area contributed by atoms with Crippen molar-refractivity contribution in [3.8, 4) is 0 Å². The number of ketones is 1. The van der Waals surface area contributed by atoms with Crippen LogP contribution in [-0.2, 0) is 20.9 Å². The van der Waals surface area contributed by atoms with Gasteiger partial charge in [0, 0.05) is 31.5 Å². The molecule has 0 atom stereocenters. The Morgan fingerprint density at radius 2 is 1.87 bits per heavy atom. The van der Waals surface area contributed by atoms with Crippen molar-refractivity contribution in [3.05, 3.63) is 53.4 Å². The number of likely N-dealkylation sites (tertiary alicyclic amines) is 1. The van der Waals surface area contributed by atoms with Crippen LogP contribution in [0.2, 0.25) is 0 Å². The van der Waals surface area contributed by atoms with E-state index < -0.39 is 0 Å².